The second-order valence-electron chi connectivity index (χ2n) is 3.39. The third-order valence-corrected chi connectivity index (χ3v) is 3.14. The highest BCUT2D eigenvalue weighted by Crippen LogP contribution is 2.29. The predicted octanol–water partition coefficient (Wildman–Crippen LogP) is 2.27. The zero-order chi connectivity index (χ0) is 11.4. The van der Waals surface area contributed by atoms with Crippen LogP contribution in [0.15, 0.2) is 17.0 Å². The molecule has 1 aromatic rings. The van der Waals surface area contributed by atoms with Crippen molar-refractivity contribution in [3.05, 3.63) is 29.1 Å². The predicted molar refractivity (Wildman–Crippen MR) is 59.6 cm³/mol. The minimum atomic E-state index is -0.693. The van der Waals surface area contributed by atoms with Gasteiger partial charge in [-0.25, -0.2) is 4.39 Å². The second-order valence-corrected chi connectivity index (χ2v) is 4.52. The van der Waals surface area contributed by atoms with Crippen molar-refractivity contribution in [3.63, 3.8) is 0 Å². The first-order valence-corrected chi connectivity index (χ1v) is 5.76. The summed E-state index contributed by atoms with van der Waals surface area (Å²) in [5.74, 6) is 0.240. The molecule has 1 atom stereocenters. The molecule has 84 valence electrons. The lowest BCUT2D eigenvalue weighted by Gasteiger charge is -2.12. The fourth-order valence-corrected chi connectivity index (χ4v) is 2.24. The van der Waals surface area contributed by atoms with E-state index in [9.17, 15) is 9.50 Å². The van der Waals surface area contributed by atoms with E-state index in [1.165, 1.54) is 17.8 Å². The Balaban J connectivity index is 3.04. The molecule has 15 heavy (non-hydrogen) atoms. The topological polar surface area (TPSA) is 40.5 Å². The Hall–Kier alpha value is -0.580. The fourth-order valence-electron chi connectivity index (χ4n) is 1.28. The molecule has 0 aliphatic carbocycles. The molecule has 0 amide bonds. The van der Waals surface area contributed by atoms with Crippen LogP contribution in [0.25, 0.3) is 0 Å². The van der Waals surface area contributed by atoms with Crippen LogP contribution in [0.3, 0.4) is 0 Å². The van der Waals surface area contributed by atoms with E-state index >= 15 is 0 Å². The van der Waals surface area contributed by atoms with Crippen LogP contribution in [-0.2, 0) is 0 Å². The molecular weight excluding hydrogens is 215 g/mol. The number of aliphatic hydroxyl groups excluding tert-OH is 2. The monoisotopic (exact) mass is 230 g/mol. The third kappa shape index (κ3) is 3.19. The Kier molecular flexibility index (Phi) is 4.57. The number of rotatable bonds is 4. The summed E-state index contributed by atoms with van der Waals surface area (Å²) in [5, 5.41) is 18.2. The SMILES string of the molecule is Cc1cc(SCCO)c([C@H](C)O)cc1F. The molecule has 0 fully saturated rings. The normalized spacial score (nSPS) is 12.9. The zero-order valence-corrected chi connectivity index (χ0v) is 9.64. The maximum Gasteiger partial charge on any atom is 0.126 e. The number of hydrogen-bond acceptors (Lipinski definition) is 3. The van der Waals surface area contributed by atoms with Crippen LogP contribution in [0.4, 0.5) is 4.39 Å². The molecule has 0 spiro atoms. The van der Waals surface area contributed by atoms with E-state index in [1.807, 2.05) is 0 Å². The van der Waals surface area contributed by atoms with E-state index in [-0.39, 0.29) is 12.4 Å². The van der Waals surface area contributed by atoms with Crippen LogP contribution in [0, 0.1) is 12.7 Å². The van der Waals surface area contributed by atoms with Crippen molar-refractivity contribution in [1.29, 1.82) is 0 Å². The third-order valence-electron chi connectivity index (χ3n) is 2.09. The maximum atomic E-state index is 13.3. The van der Waals surface area contributed by atoms with Crippen LogP contribution in [0.2, 0.25) is 0 Å². The Labute approximate surface area is 93.1 Å². The van der Waals surface area contributed by atoms with Gasteiger partial charge in [0.25, 0.3) is 0 Å². The molecule has 0 heterocycles. The van der Waals surface area contributed by atoms with Gasteiger partial charge in [0, 0.05) is 10.6 Å². The molecular formula is C11H15FO2S. The minimum Gasteiger partial charge on any atom is -0.396 e. The molecule has 0 aliphatic heterocycles. The summed E-state index contributed by atoms with van der Waals surface area (Å²) in [6, 6.07) is 3.07. The van der Waals surface area contributed by atoms with Gasteiger partial charge in [0.1, 0.15) is 5.82 Å². The van der Waals surface area contributed by atoms with Crippen molar-refractivity contribution in [2.24, 2.45) is 0 Å². The average molecular weight is 230 g/mol. The van der Waals surface area contributed by atoms with Crippen molar-refractivity contribution >= 4 is 11.8 Å². The van der Waals surface area contributed by atoms with E-state index in [2.05, 4.69) is 0 Å². The van der Waals surface area contributed by atoms with E-state index in [0.29, 0.717) is 16.9 Å². The van der Waals surface area contributed by atoms with Crippen LogP contribution in [-0.4, -0.2) is 22.6 Å². The van der Waals surface area contributed by atoms with Crippen molar-refractivity contribution in [3.8, 4) is 0 Å². The number of thioether (sulfide) groups is 1. The second kappa shape index (κ2) is 5.49. The van der Waals surface area contributed by atoms with Gasteiger partial charge in [-0.3, -0.25) is 0 Å². The number of halogens is 1. The maximum absolute atomic E-state index is 13.3. The number of hydrogen-bond donors (Lipinski definition) is 2. The smallest absolute Gasteiger partial charge is 0.126 e. The Morgan fingerprint density at radius 2 is 2.13 bits per heavy atom. The number of benzene rings is 1. The summed E-state index contributed by atoms with van der Waals surface area (Å²) >= 11 is 1.42. The molecule has 1 rings (SSSR count). The largest absolute Gasteiger partial charge is 0.396 e. The first-order valence-electron chi connectivity index (χ1n) is 4.78. The summed E-state index contributed by atoms with van der Waals surface area (Å²) in [6.45, 7) is 3.36. The summed E-state index contributed by atoms with van der Waals surface area (Å²) in [7, 11) is 0. The molecule has 0 saturated heterocycles. The Morgan fingerprint density at radius 3 is 2.67 bits per heavy atom. The van der Waals surface area contributed by atoms with E-state index in [4.69, 9.17) is 5.11 Å². The van der Waals surface area contributed by atoms with E-state index in [0.717, 1.165) is 4.90 Å². The van der Waals surface area contributed by atoms with Gasteiger partial charge in [0.05, 0.1) is 12.7 Å². The molecule has 0 aliphatic rings. The van der Waals surface area contributed by atoms with Crippen LogP contribution < -0.4 is 0 Å². The van der Waals surface area contributed by atoms with Crippen molar-refractivity contribution < 1.29 is 14.6 Å². The molecule has 0 bridgehead atoms. The molecule has 4 heteroatoms. The fraction of sp³-hybridized carbons (Fsp3) is 0.455. The quantitative estimate of drug-likeness (QED) is 0.780. The van der Waals surface area contributed by atoms with E-state index in [1.54, 1.807) is 19.9 Å². The summed E-state index contributed by atoms with van der Waals surface area (Å²) in [4.78, 5) is 0.831. The van der Waals surface area contributed by atoms with Crippen molar-refractivity contribution in [2.45, 2.75) is 24.8 Å². The van der Waals surface area contributed by atoms with Gasteiger partial charge in [-0.15, -0.1) is 11.8 Å². The highest BCUT2D eigenvalue weighted by Gasteiger charge is 2.11. The van der Waals surface area contributed by atoms with Gasteiger partial charge in [-0.05, 0) is 37.1 Å². The first-order chi connectivity index (χ1) is 7.06. The summed E-state index contributed by atoms with van der Waals surface area (Å²) in [6.07, 6.45) is -0.693. The minimum absolute atomic E-state index is 0.0698. The highest BCUT2D eigenvalue weighted by atomic mass is 32.2. The van der Waals surface area contributed by atoms with Gasteiger partial charge in [-0.2, -0.15) is 0 Å². The summed E-state index contributed by atoms with van der Waals surface area (Å²) < 4.78 is 13.3. The average Bonchev–Trinajstić information content (AvgIpc) is 2.19. The van der Waals surface area contributed by atoms with Gasteiger partial charge >= 0.3 is 0 Å². The molecule has 0 saturated carbocycles. The van der Waals surface area contributed by atoms with Gasteiger partial charge in [0.2, 0.25) is 0 Å². The lowest BCUT2D eigenvalue weighted by atomic mass is 10.1. The van der Waals surface area contributed by atoms with Gasteiger partial charge < -0.3 is 10.2 Å². The van der Waals surface area contributed by atoms with Crippen molar-refractivity contribution in [2.75, 3.05) is 12.4 Å². The lowest BCUT2D eigenvalue weighted by molar-refractivity contribution is 0.196. The van der Waals surface area contributed by atoms with Crippen molar-refractivity contribution in [1.82, 2.24) is 0 Å². The summed E-state index contributed by atoms with van der Waals surface area (Å²) in [5.41, 5.74) is 1.14. The molecule has 0 radical (unpaired) electrons. The van der Waals surface area contributed by atoms with Crippen LogP contribution in [0.1, 0.15) is 24.2 Å². The van der Waals surface area contributed by atoms with Crippen LogP contribution >= 0.6 is 11.8 Å². The Morgan fingerprint density at radius 1 is 1.47 bits per heavy atom. The lowest BCUT2D eigenvalue weighted by Crippen LogP contribution is -1.98. The molecule has 2 nitrogen and oxygen atoms in total. The first kappa shape index (κ1) is 12.5. The standard InChI is InChI=1S/C11H15FO2S/c1-7-5-11(15-4-3-13)9(8(2)14)6-10(7)12/h5-6,8,13-14H,3-4H2,1-2H3/t8-/m0/s1. The molecule has 2 N–H and O–H groups in total. The van der Waals surface area contributed by atoms with Gasteiger partial charge in [-0.1, -0.05) is 0 Å². The number of aryl methyl sites for hydroxylation is 1. The zero-order valence-electron chi connectivity index (χ0n) is 8.83. The van der Waals surface area contributed by atoms with E-state index < -0.39 is 6.10 Å². The van der Waals surface area contributed by atoms with Gasteiger partial charge in [0.15, 0.2) is 0 Å². The van der Waals surface area contributed by atoms with Crippen LogP contribution in [0.5, 0.6) is 0 Å². The Bertz CT molecular complexity index is 340. The molecule has 0 unspecified atom stereocenters. The molecule has 0 aromatic heterocycles. The number of aliphatic hydroxyl groups is 2. The molecule has 1 aromatic carbocycles. The highest BCUT2D eigenvalue weighted by molar-refractivity contribution is 7.99.